The van der Waals surface area contributed by atoms with Gasteiger partial charge in [-0.15, -0.1) is 0 Å². The summed E-state index contributed by atoms with van der Waals surface area (Å²) in [5, 5.41) is 7.64. The Labute approximate surface area is 142 Å². The Bertz CT molecular complexity index is 615. The molecule has 0 aromatic carbocycles. The van der Waals surface area contributed by atoms with E-state index in [0.717, 1.165) is 0 Å². The van der Waals surface area contributed by atoms with Gasteiger partial charge in [0.1, 0.15) is 0 Å². The highest BCUT2D eigenvalue weighted by molar-refractivity contribution is 5.77. The van der Waals surface area contributed by atoms with Gasteiger partial charge in [0.2, 0.25) is 0 Å². The van der Waals surface area contributed by atoms with E-state index in [0.29, 0.717) is 0 Å². The highest BCUT2D eigenvalue weighted by Crippen LogP contribution is 2.63. The highest BCUT2D eigenvalue weighted by Gasteiger charge is 2.95. The van der Waals surface area contributed by atoms with Crippen molar-refractivity contribution in [3.8, 4) is 0 Å². The third-order valence-corrected chi connectivity index (χ3v) is 3.19. The summed E-state index contributed by atoms with van der Waals surface area (Å²) in [6.45, 7) is -1.26. The molecule has 0 saturated carbocycles. The van der Waals surface area contributed by atoms with Gasteiger partial charge in [-0.3, -0.25) is 0 Å². The van der Waals surface area contributed by atoms with Crippen molar-refractivity contribution in [2.45, 2.75) is 54.3 Å². The molecule has 0 aromatic heterocycles. The first-order valence-corrected chi connectivity index (χ1v) is 5.95. The summed E-state index contributed by atoms with van der Waals surface area (Å²) in [5.41, 5.74) is 0. The number of rotatable bonds is 8. The van der Waals surface area contributed by atoms with Crippen LogP contribution in [0.2, 0.25) is 0 Å². The van der Waals surface area contributed by atoms with E-state index < -0.39 is 60.3 Å². The number of alkyl halides is 16. The van der Waals surface area contributed by atoms with E-state index in [2.05, 4.69) is 0 Å². The van der Waals surface area contributed by atoms with Crippen LogP contribution in [-0.2, 0) is 4.79 Å². The van der Waals surface area contributed by atoms with E-state index in [-0.39, 0.29) is 0 Å². The minimum Gasteiger partial charge on any atom is -0.477 e. The van der Waals surface area contributed by atoms with Crippen molar-refractivity contribution < 1.29 is 80.1 Å². The van der Waals surface area contributed by atoms with Gasteiger partial charge in [0.15, 0.2) is 0 Å². The lowest BCUT2D eigenvalue weighted by molar-refractivity contribution is -0.450. The van der Waals surface area contributed by atoms with Gasteiger partial charge in [-0.2, -0.15) is 70.2 Å². The number of hydrogen-bond acceptors (Lipinski definition) is 1. The van der Waals surface area contributed by atoms with Crippen LogP contribution >= 0.6 is 0 Å². The second kappa shape index (κ2) is 6.17. The average molecular weight is 460 g/mol. The summed E-state index contributed by atoms with van der Waals surface area (Å²) in [5.74, 6) is -67.5. The number of aliphatic carboxylic acids is 1. The highest BCUT2D eigenvalue weighted by atomic mass is 19.4. The van der Waals surface area contributed by atoms with Crippen LogP contribution in [0.5, 0.6) is 0 Å². The fourth-order valence-corrected chi connectivity index (χ4v) is 1.40. The standard InChI is InChI=1S/C10H4F16O2/c1-3(11,12)5(15,16)7(19,20)9(23,24)10(25,26)8(21,22)6(17,18)4(13,14)2(27)28/h1H3,(H,27,28). The molecule has 0 aliphatic rings. The summed E-state index contributed by atoms with van der Waals surface area (Å²) < 4.78 is 206. The Morgan fingerprint density at radius 1 is 0.500 bits per heavy atom. The van der Waals surface area contributed by atoms with Gasteiger partial charge in [0.05, 0.1) is 0 Å². The first-order chi connectivity index (χ1) is 11.7. The second-order valence-electron chi connectivity index (χ2n) is 5.21. The summed E-state index contributed by atoms with van der Waals surface area (Å²) in [4.78, 5) is 9.82. The summed E-state index contributed by atoms with van der Waals surface area (Å²) in [7, 11) is 0. The molecule has 0 radical (unpaired) electrons. The molecule has 0 aromatic rings. The molecule has 0 aliphatic carbocycles. The Kier molecular flexibility index (Phi) is 5.81. The third-order valence-electron chi connectivity index (χ3n) is 3.19. The molecule has 0 atom stereocenters. The lowest BCUT2D eigenvalue weighted by Gasteiger charge is -2.42. The summed E-state index contributed by atoms with van der Waals surface area (Å²) in [6.07, 6.45) is 0. The predicted molar refractivity (Wildman–Crippen MR) is 52.9 cm³/mol. The minimum absolute atomic E-state index is 1.26. The van der Waals surface area contributed by atoms with Crippen LogP contribution in [-0.4, -0.2) is 58.5 Å². The topological polar surface area (TPSA) is 37.3 Å². The van der Waals surface area contributed by atoms with E-state index in [9.17, 15) is 75.0 Å². The van der Waals surface area contributed by atoms with Crippen LogP contribution in [0, 0.1) is 0 Å². The van der Waals surface area contributed by atoms with Gasteiger partial charge < -0.3 is 5.11 Å². The molecule has 2 nitrogen and oxygen atoms in total. The summed E-state index contributed by atoms with van der Waals surface area (Å²) in [6, 6.07) is 0. The number of halogens is 16. The Balaban J connectivity index is 6.76. The van der Waals surface area contributed by atoms with E-state index in [1.54, 1.807) is 0 Å². The van der Waals surface area contributed by atoms with Crippen molar-refractivity contribution in [1.82, 2.24) is 0 Å². The van der Waals surface area contributed by atoms with Crippen LogP contribution in [0.1, 0.15) is 6.92 Å². The fourth-order valence-electron chi connectivity index (χ4n) is 1.40. The maximum Gasteiger partial charge on any atom is 0.410 e. The SMILES string of the molecule is CC(F)(F)C(F)(F)C(F)(F)C(F)(F)C(F)(F)C(F)(F)C(F)(F)C(F)(F)C(=O)O. The normalized spacial score (nSPS) is 16.3. The van der Waals surface area contributed by atoms with Gasteiger partial charge in [-0.25, -0.2) is 4.79 Å². The Morgan fingerprint density at radius 3 is 0.929 bits per heavy atom. The predicted octanol–water partition coefficient (Wildman–Crippen LogP) is 5.17. The van der Waals surface area contributed by atoms with Gasteiger partial charge in [-0.05, 0) is 0 Å². The van der Waals surface area contributed by atoms with E-state index in [1.165, 1.54) is 0 Å². The van der Waals surface area contributed by atoms with Crippen molar-refractivity contribution >= 4 is 5.97 Å². The Hall–Kier alpha value is -1.65. The zero-order valence-electron chi connectivity index (χ0n) is 12.4. The first-order valence-electron chi connectivity index (χ1n) is 5.95. The largest absolute Gasteiger partial charge is 0.477 e. The summed E-state index contributed by atoms with van der Waals surface area (Å²) >= 11 is 0. The molecule has 0 heterocycles. The average Bonchev–Trinajstić information content (AvgIpc) is 2.44. The van der Waals surface area contributed by atoms with Crippen LogP contribution in [0.25, 0.3) is 0 Å². The molecule has 0 bridgehead atoms. The number of carboxylic acids is 1. The van der Waals surface area contributed by atoms with Crippen LogP contribution in [0.3, 0.4) is 0 Å². The molecule has 168 valence electrons. The van der Waals surface area contributed by atoms with Gasteiger partial charge in [-0.1, -0.05) is 0 Å². The van der Waals surface area contributed by atoms with Crippen LogP contribution in [0.4, 0.5) is 70.2 Å². The number of carbonyl (C=O) groups is 1. The second-order valence-corrected chi connectivity index (χ2v) is 5.21. The van der Waals surface area contributed by atoms with Crippen molar-refractivity contribution in [3.63, 3.8) is 0 Å². The minimum atomic E-state index is -8.60. The van der Waals surface area contributed by atoms with Gasteiger partial charge >= 0.3 is 53.3 Å². The molecule has 18 heteroatoms. The van der Waals surface area contributed by atoms with Crippen molar-refractivity contribution in [2.24, 2.45) is 0 Å². The lowest BCUT2D eigenvalue weighted by Crippen LogP contribution is -2.75. The zero-order chi connectivity index (χ0) is 23.6. The fraction of sp³-hybridized carbons (Fsp3) is 0.900. The molecule has 0 saturated heterocycles. The molecule has 0 aliphatic heterocycles. The number of carboxylic acid groups (broad SMARTS) is 1. The molecule has 0 unspecified atom stereocenters. The van der Waals surface area contributed by atoms with Gasteiger partial charge in [0.25, 0.3) is 0 Å². The molecule has 0 amide bonds. The van der Waals surface area contributed by atoms with Crippen LogP contribution < -0.4 is 0 Å². The third kappa shape index (κ3) is 2.93. The van der Waals surface area contributed by atoms with Crippen molar-refractivity contribution in [1.29, 1.82) is 0 Å². The molecule has 0 spiro atoms. The molecule has 1 N–H and O–H groups in total. The van der Waals surface area contributed by atoms with E-state index in [4.69, 9.17) is 5.11 Å². The van der Waals surface area contributed by atoms with E-state index in [1.807, 2.05) is 0 Å². The zero-order valence-corrected chi connectivity index (χ0v) is 12.4. The Morgan fingerprint density at radius 2 is 0.714 bits per heavy atom. The van der Waals surface area contributed by atoms with Crippen molar-refractivity contribution in [3.05, 3.63) is 0 Å². The maximum atomic E-state index is 13.1. The van der Waals surface area contributed by atoms with Gasteiger partial charge in [0, 0.05) is 6.92 Å². The number of hydrogen-bond donors (Lipinski definition) is 1. The van der Waals surface area contributed by atoms with Crippen molar-refractivity contribution in [2.75, 3.05) is 0 Å². The molecule has 0 fully saturated rings. The smallest absolute Gasteiger partial charge is 0.410 e. The van der Waals surface area contributed by atoms with Crippen LogP contribution in [0.15, 0.2) is 0 Å². The lowest BCUT2D eigenvalue weighted by atomic mass is 9.88. The maximum absolute atomic E-state index is 13.1. The molecule has 0 rings (SSSR count). The molecular formula is C10H4F16O2. The molecular weight excluding hydrogens is 456 g/mol. The van der Waals surface area contributed by atoms with E-state index >= 15 is 0 Å². The quantitative estimate of drug-likeness (QED) is 0.508. The monoisotopic (exact) mass is 460 g/mol. The molecule has 28 heavy (non-hydrogen) atoms. The first kappa shape index (κ1) is 26.4.